The molecule has 2 aromatic carbocycles. The zero-order chi connectivity index (χ0) is 19.6. The smallest absolute Gasteiger partial charge is 0.243 e. The second-order valence-electron chi connectivity index (χ2n) is 7.70. The van der Waals surface area contributed by atoms with Gasteiger partial charge in [0.2, 0.25) is 15.9 Å². The third-order valence-electron chi connectivity index (χ3n) is 5.89. The van der Waals surface area contributed by atoms with E-state index in [-0.39, 0.29) is 11.9 Å². The average Bonchev–Trinajstić information content (AvgIpc) is 3.12. The van der Waals surface area contributed by atoms with Crippen molar-refractivity contribution >= 4 is 15.9 Å². The number of fused-ring (bicyclic) bond motifs is 1. The molecule has 1 atom stereocenters. The van der Waals surface area contributed by atoms with E-state index in [2.05, 4.69) is 23.5 Å². The fraction of sp³-hybridized carbons (Fsp3) is 0.409. The van der Waals surface area contributed by atoms with Gasteiger partial charge in [-0.15, -0.1) is 0 Å². The van der Waals surface area contributed by atoms with E-state index in [1.807, 2.05) is 12.1 Å². The van der Waals surface area contributed by atoms with Gasteiger partial charge in [0, 0.05) is 25.6 Å². The van der Waals surface area contributed by atoms with Crippen LogP contribution >= 0.6 is 0 Å². The first-order chi connectivity index (χ1) is 13.5. The largest absolute Gasteiger partial charge is 0.353 e. The van der Waals surface area contributed by atoms with Crippen LogP contribution in [0.3, 0.4) is 0 Å². The highest BCUT2D eigenvalue weighted by Gasteiger charge is 2.30. The minimum atomic E-state index is -3.45. The lowest BCUT2D eigenvalue weighted by Gasteiger charge is -2.31. The highest BCUT2D eigenvalue weighted by atomic mass is 32.2. The molecule has 1 saturated heterocycles. The molecule has 1 amide bonds. The van der Waals surface area contributed by atoms with E-state index in [9.17, 15) is 13.2 Å². The Morgan fingerprint density at radius 2 is 1.64 bits per heavy atom. The number of rotatable bonds is 5. The fourth-order valence-electron chi connectivity index (χ4n) is 4.35. The van der Waals surface area contributed by atoms with Gasteiger partial charge in [0.25, 0.3) is 0 Å². The highest BCUT2D eigenvalue weighted by Crippen LogP contribution is 2.35. The molecule has 0 saturated carbocycles. The summed E-state index contributed by atoms with van der Waals surface area (Å²) in [6.07, 6.45) is 3.89. The Labute approximate surface area is 166 Å². The molecule has 28 heavy (non-hydrogen) atoms. The molecule has 2 aliphatic rings. The average molecular weight is 399 g/mol. The predicted molar refractivity (Wildman–Crippen MR) is 108 cm³/mol. The maximum absolute atomic E-state index is 12.7. The summed E-state index contributed by atoms with van der Waals surface area (Å²) >= 11 is 0. The first-order valence-electron chi connectivity index (χ1n) is 9.96. The van der Waals surface area contributed by atoms with Crippen molar-refractivity contribution in [1.82, 2.24) is 9.62 Å². The van der Waals surface area contributed by atoms with Gasteiger partial charge in [-0.2, -0.15) is 4.31 Å². The van der Waals surface area contributed by atoms with Crippen molar-refractivity contribution < 1.29 is 13.2 Å². The maximum atomic E-state index is 12.7. The second-order valence-corrected chi connectivity index (χ2v) is 9.64. The molecule has 0 radical (unpaired) electrons. The molecule has 5 nitrogen and oxygen atoms in total. The van der Waals surface area contributed by atoms with Gasteiger partial charge < -0.3 is 5.32 Å². The van der Waals surface area contributed by atoms with Crippen LogP contribution in [0.15, 0.2) is 59.5 Å². The van der Waals surface area contributed by atoms with Gasteiger partial charge in [-0.05, 0) is 54.9 Å². The van der Waals surface area contributed by atoms with Gasteiger partial charge in [0.05, 0.1) is 4.90 Å². The van der Waals surface area contributed by atoms with E-state index < -0.39 is 10.0 Å². The van der Waals surface area contributed by atoms with Crippen molar-refractivity contribution in [2.75, 3.05) is 13.1 Å². The molecule has 0 unspecified atom stereocenters. The molecule has 1 heterocycles. The van der Waals surface area contributed by atoms with Crippen LogP contribution in [0.5, 0.6) is 0 Å². The quantitative estimate of drug-likeness (QED) is 0.842. The molecule has 1 fully saturated rings. The van der Waals surface area contributed by atoms with Crippen molar-refractivity contribution in [2.24, 2.45) is 0 Å². The Balaban J connectivity index is 1.30. The highest BCUT2D eigenvalue weighted by molar-refractivity contribution is 7.89. The Bertz CT molecular complexity index is 935. The first kappa shape index (κ1) is 19.2. The van der Waals surface area contributed by atoms with Gasteiger partial charge in [0.1, 0.15) is 0 Å². The fourth-order valence-corrected chi connectivity index (χ4v) is 5.84. The van der Waals surface area contributed by atoms with Crippen LogP contribution in [0.4, 0.5) is 0 Å². The molecule has 2 aromatic rings. The normalized spacial score (nSPS) is 20.6. The second kappa shape index (κ2) is 8.05. The van der Waals surface area contributed by atoms with Crippen LogP contribution in [-0.4, -0.2) is 37.8 Å². The molecule has 1 aliphatic heterocycles. The topological polar surface area (TPSA) is 66.5 Å². The number of sulfonamides is 1. The van der Waals surface area contributed by atoms with Gasteiger partial charge in [0.15, 0.2) is 0 Å². The summed E-state index contributed by atoms with van der Waals surface area (Å²) < 4.78 is 26.9. The van der Waals surface area contributed by atoms with E-state index in [1.165, 1.54) is 15.4 Å². The summed E-state index contributed by atoms with van der Waals surface area (Å²) in [6.45, 7) is 0.878. The third kappa shape index (κ3) is 3.98. The number of carbonyl (C=O) groups is 1. The lowest BCUT2D eigenvalue weighted by molar-refractivity contribution is -0.122. The Hall–Kier alpha value is -2.18. The number of benzene rings is 2. The van der Waals surface area contributed by atoms with Gasteiger partial charge in [-0.1, -0.05) is 42.5 Å². The molecule has 0 bridgehead atoms. The van der Waals surface area contributed by atoms with Crippen molar-refractivity contribution in [3.63, 3.8) is 0 Å². The van der Waals surface area contributed by atoms with Crippen LogP contribution in [0.2, 0.25) is 0 Å². The van der Waals surface area contributed by atoms with Crippen molar-refractivity contribution in [3.05, 3.63) is 65.7 Å². The summed E-state index contributed by atoms with van der Waals surface area (Å²) in [5.41, 5.74) is 2.67. The lowest BCUT2D eigenvalue weighted by atomic mass is 9.97. The van der Waals surface area contributed by atoms with Gasteiger partial charge in [-0.3, -0.25) is 4.79 Å². The SMILES string of the molecule is O=C(C[C@@H]1CCc2ccccc21)NC1CCN(S(=O)(=O)c2ccccc2)CC1. The molecule has 6 heteroatoms. The zero-order valence-electron chi connectivity index (χ0n) is 15.9. The number of piperidine rings is 1. The van der Waals surface area contributed by atoms with Gasteiger partial charge in [-0.25, -0.2) is 8.42 Å². The van der Waals surface area contributed by atoms with Crippen LogP contribution in [0.1, 0.15) is 42.7 Å². The first-order valence-corrected chi connectivity index (χ1v) is 11.4. The monoisotopic (exact) mass is 398 g/mol. The standard InChI is InChI=1S/C22H26N2O3S/c25-22(16-18-11-10-17-6-4-5-9-21(17)18)23-19-12-14-24(15-13-19)28(26,27)20-7-2-1-3-8-20/h1-9,18-19H,10-16H2,(H,23,25)/t18-/m0/s1. The molecule has 0 spiro atoms. The molecular weight excluding hydrogens is 372 g/mol. The minimum Gasteiger partial charge on any atom is -0.353 e. The van der Waals surface area contributed by atoms with E-state index in [0.717, 1.165) is 12.8 Å². The summed E-state index contributed by atoms with van der Waals surface area (Å²) in [5.74, 6) is 0.376. The Morgan fingerprint density at radius 1 is 0.964 bits per heavy atom. The van der Waals surface area contributed by atoms with Crippen LogP contribution in [0.25, 0.3) is 0 Å². The summed E-state index contributed by atoms with van der Waals surface area (Å²) in [6, 6.07) is 17.0. The number of hydrogen-bond donors (Lipinski definition) is 1. The number of nitrogens with one attached hydrogen (secondary N) is 1. The van der Waals surface area contributed by atoms with E-state index in [1.54, 1.807) is 24.3 Å². The molecular formula is C22H26N2O3S. The Morgan fingerprint density at radius 3 is 2.39 bits per heavy atom. The van der Waals surface area contributed by atoms with E-state index in [4.69, 9.17) is 0 Å². The predicted octanol–water partition coefficient (Wildman–Crippen LogP) is 3.08. The van der Waals surface area contributed by atoms with Crippen LogP contribution < -0.4 is 5.32 Å². The number of nitrogens with zero attached hydrogens (tertiary/aromatic N) is 1. The zero-order valence-corrected chi connectivity index (χ0v) is 16.7. The van der Waals surface area contributed by atoms with Crippen molar-refractivity contribution in [3.8, 4) is 0 Å². The number of hydrogen-bond acceptors (Lipinski definition) is 3. The molecule has 0 aromatic heterocycles. The van der Waals surface area contributed by atoms with Crippen molar-refractivity contribution in [2.45, 2.75) is 49.0 Å². The summed E-state index contributed by atoms with van der Waals surface area (Å²) in [7, 11) is -3.45. The maximum Gasteiger partial charge on any atom is 0.243 e. The number of carbonyl (C=O) groups excluding carboxylic acids is 1. The molecule has 148 valence electrons. The minimum absolute atomic E-state index is 0.0476. The number of amides is 1. The number of aryl methyl sites for hydroxylation is 1. The van der Waals surface area contributed by atoms with Crippen LogP contribution in [0, 0.1) is 0 Å². The van der Waals surface area contributed by atoms with E-state index >= 15 is 0 Å². The summed E-state index contributed by atoms with van der Waals surface area (Å²) in [5, 5.41) is 3.13. The lowest BCUT2D eigenvalue weighted by Crippen LogP contribution is -2.46. The Kier molecular flexibility index (Phi) is 5.51. The third-order valence-corrected chi connectivity index (χ3v) is 7.80. The van der Waals surface area contributed by atoms with Crippen molar-refractivity contribution in [1.29, 1.82) is 0 Å². The summed E-state index contributed by atoms with van der Waals surface area (Å²) in [4.78, 5) is 12.9. The van der Waals surface area contributed by atoms with E-state index in [0.29, 0.717) is 43.2 Å². The molecule has 4 rings (SSSR count). The molecule has 1 aliphatic carbocycles. The van der Waals surface area contributed by atoms with Crippen LogP contribution in [-0.2, 0) is 21.2 Å². The van der Waals surface area contributed by atoms with Gasteiger partial charge >= 0.3 is 0 Å². The molecule has 1 N–H and O–H groups in total.